The first-order valence-corrected chi connectivity index (χ1v) is 26.0. The lowest BCUT2D eigenvalue weighted by Gasteiger charge is -2.27. The Morgan fingerprint density at radius 2 is 1.04 bits per heavy atom. The quantitative estimate of drug-likeness (QED) is 0.144. The zero-order valence-electron chi connectivity index (χ0n) is 42.5. The molecular formula is C70H52N4O2. The second-order valence-corrected chi connectivity index (χ2v) is 20.8. The number of para-hydroxylation sites is 4. The Hall–Kier alpha value is -9.65. The number of furan rings is 1. The molecule has 0 fully saturated rings. The SMILES string of the molecule is CC(C)(C)c1ccnc(-n2c3cc(Oc4cccc(N5CN(c6c(-c7cccc(-c8ccccc8)c7)cccc6-c6cccc(-c7ccccc7)c6)c6ccccc65)c4)ccc3c3c4oc5ccccc5c4ccc32)c1. The largest absolute Gasteiger partial charge is 0.457 e. The van der Waals surface area contributed by atoms with Gasteiger partial charge in [-0.1, -0.05) is 172 Å². The standard InChI is InChI=1S/C70H52N4O2/c1-70(2,3)52-38-39-71-66(42-52)74-63-37-36-59-58-28-10-13-33-65(58)76-69(59)67(63)60-35-34-55(44-64(60)74)75-54-27-16-26-53(43-54)72-45-73(62-32-12-11-31-61(62)72)68-56(50-24-14-22-48(40-50)46-18-6-4-7-19-46)29-17-30-57(68)51-25-15-23-49(41-51)47-20-8-5-9-21-47/h4-44H,45H2,1-3H3. The molecule has 0 aliphatic carbocycles. The molecule has 0 N–H and O–H groups in total. The van der Waals surface area contributed by atoms with Gasteiger partial charge in [-0.15, -0.1) is 0 Å². The van der Waals surface area contributed by atoms with Crippen molar-refractivity contribution >= 4 is 66.5 Å². The highest BCUT2D eigenvalue weighted by atomic mass is 16.5. The summed E-state index contributed by atoms with van der Waals surface area (Å²) in [5.41, 5.74) is 18.6. The Labute approximate surface area is 442 Å². The summed E-state index contributed by atoms with van der Waals surface area (Å²) in [6.45, 7) is 7.29. The maximum absolute atomic E-state index is 6.94. The molecule has 3 aromatic heterocycles. The molecule has 6 nitrogen and oxygen atoms in total. The Morgan fingerprint density at radius 1 is 0.447 bits per heavy atom. The highest BCUT2D eigenvalue weighted by Crippen LogP contribution is 2.51. The fraction of sp³-hybridized carbons (Fsp3) is 0.0714. The van der Waals surface area contributed by atoms with E-state index in [2.05, 4.69) is 260 Å². The molecular weight excluding hydrogens is 929 g/mol. The first kappa shape index (κ1) is 45.0. The number of nitrogens with zero attached hydrogens (tertiary/aromatic N) is 4. The maximum atomic E-state index is 6.94. The summed E-state index contributed by atoms with van der Waals surface area (Å²) in [7, 11) is 0. The number of ether oxygens (including phenoxy) is 1. The van der Waals surface area contributed by atoms with E-state index < -0.39 is 0 Å². The molecule has 6 heteroatoms. The third-order valence-corrected chi connectivity index (χ3v) is 15.1. The van der Waals surface area contributed by atoms with Crippen molar-refractivity contribution in [2.45, 2.75) is 26.2 Å². The molecule has 4 heterocycles. The second kappa shape index (κ2) is 18.1. The van der Waals surface area contributed by atoms with Gasteiger partial charge >= 0.3 is 0 Å². The molecule has 0 bridgehead atoms. The van der Waals surface area contributed by atoms with Gasteiger partial charge in [0.2, 0.25) is 0 Å². The van der Waals surface area contributed by atoms with E-state index in [-0.39, 0.29) is 5.41 Å². The average Bonchev–Trinajstić information content (AvgIpc) is 4.22. The topological polar surface area (TPSA) is 46.7 Å². The minimum Gasteiger partial charge on any atom is -0.457 e. The van der Waals surface area contributed by atoms with Gasteiger partial charge in [0, 0.05) is 51.3 Å². The highest BCUT2D eigenvalue weighted by Gasteiger charge is 2.32. The minimum atomic E-state index is -0.0662. The van der Waals surface area contributed by atoms with E-state index in [0.717, 1.165) is 106 Å². The molecule has 0 saturated heterocycles. The van der Waals surface area contributed by atoms with Crippen molar-refractivity contribution in [3.63, 3.8) is 0 Å². The zero-order chi connectivity index (χ0) is 50.9. The van der Waals surface area contributed by atoms with Crippen LogP contribution in [0.3, 0.4) is 0 Å². The van der Waals surface area contributed by atoms with Crippen molar-refractivity contribution in [3.05, 3.63) is 254 Å². The van der Waals surface area contributed by atoms with Crippen LogP contribution in [-0.4, -0.2) is 16.2 Å². The molecule has 0 atom stereocenters. The van der Waals surface area contributed by atoms with Gasteiger partial charge in [0.1, 0.15) is 35.2 Å². The van der Waals surface area contributed by atoms with Crippen molar-refractivity contribution < 1.29 is 9.15 Å². The molecule has 0 radical (unpaired) electrons. The predicted molar refractivity (Wildman–Crippen MR) is 315 cm³/mol. The molecule has 0 saturated carbocycles. The van der Waals surface area contributed by atoms with Gasteiger partial charge in [0.05, 0.1) is 33.5 Å². The summed E-state index contributed by atoms with van der Waals surface area (Å²) in [4.78, 5) is 9.89. The third kappa shape index (κ3) is 7.77. The van der Waals surface area contributed by atoms with Crippen LogP contribution in [0, 0.1) is 0 Å². The first-order chi connectivity index (χ1) is 37.3. The summed E-state index contributed by atoms with van der Waals surface area (Å²) in [5, 5.41) is 4.31. The van der Waals surface area contributed by atoms with E-state index in [9.17, 15) is 0 Å². The number of hydrogen-bond donors (Lipinski definition) is 0. The van der Waals surface area contributed by atoms with Gasteiger partial charge < -0.3 is 19.0 Å². The second-order valence-electron chi connectivity index (χ2n) is 20.8. The van der Waals surface area contributed by atoms with Crippen LogP contribution in [0.1, 0.15) is 26.3 Å². The van der Waals surface area contributed by atoms with Crippen molar-refractivity contribution in [1.82, 2.24) is 9.55 Å². The van der Waals surface area contributed by atoms with Crippen molar-refractivity contribution in [1.29, 1.82) is 0 Å². The lowest BCUT2D eigenvalue weighted by Crippen LogP contribution is -2.25. The number of hydrogen-bond acceptors (Lipinski definition) is 5. The summed E-state index contributed by atoms with van der Waals surface area (Å²) in [6.07, 6.45) is 1.92. The average molecular weight is 981 g/mol. The van der Waals surface area contributed by atoms with E-state index in [1.165, 1.54) is 27.8 Å². The van der Waals surface area contributed by atoms with Crippen LogP contribution in [0.15, 0.2) is 253 Å². The third-order valence-electron chi connectivity index (χ3n) is 15.1. The van der Waals surface area contributed by atoms with E-state index in [1.54, 1.807) is 0 Å². The molecule has 1 aliphatic heterocycles. The lowest BCUT2D eigenvalue weighted by molar-refractivity contribution is 0.483. The molecule has 14 rings (SSSR count). The number of pyridine rings is 1. The van der Waals surface area contributed by atoms with Gasteiger partial charge in [0.25, 0.3) is 0 Å². The first-order valence-electron chi connectivity index (χ1n) is 26.0. The van der Waals surface area contributed by atoms with Crippen LogP contribution >= 0.6 is 0 Å². The van der Waals surface area contributed by atoms with Gasteiger partial charge in [-0.3, -0.25) is 4.57 Å². The number of rotatable bonds is 9. The van der Waals surface area contributed by atoms with Crippen molar-refractivity contribution in [2.75, 3.05) is 16.5 Å². The summed E-state index contributed by atoms with van der Waals surface area (Å²) >= 11 is 0. The molecule has 364 valence electrons. The summed E-state index contributed by atoms with van der Waals surface area (Å²) in [5.74, 6) is 2.30. The van der Waals surface area contributed by atoms with Crippen LogP contribution < -0.4 is 14.5 Å². The summed E-state index contributed by atoms with van der Waals surface area (Å²) < 4.78 is 15.9. The van der Waals surface area contributed by atoms with Crippen LogP contribution in [0.25, 0.3) is 94.1 Å². The highest BCUT2D eigenvalue weighted by molar-refractivity contribution is 6.24. The van der Waals surface area contributed by atoms with Crippen molar-refractivity contribution in [3.8, 4) is 61.8 Å². The Morgan fingerprint density at radius 3 is 1.75 bits per heavy atom. The summed E-state index contributed by atoms with van der Waals surface area (Å²) in [6, 6.07) is 86.5. The monoisotopic (exact) mass is 980 g/mol. The van der Waals surface area contributed by atoms with Crippen LogP contribution in [0.2, 0.25) is 0 Å². The Bertz CT molecular complexity index is 4260. The van der Waals surface area contributed by atoms with E-state index in [4.69, 9.17) is 14.1 Å². The fourth-order valence-corrected chi connectivity index (χ4v) is 11.4. The minimum absolute atomic E-state index is 0.0662. The van der Waals surface area contributed by atoms with Gasteiger partial charge in [0.15, 0.2) is 0 Å². The number of aromatic nitrogens is 2. The molecule has 13 aromatic rings. The molecule has 1 aliphatic rings. The lowest BCUT2D eigenvalue weighted by atomic mass is 9.88. The zero-order valence-corrected chi connectivity index (χ0v) is 42.5. The van der Waals surface area contributed by atoms with E-state index >= 15 is 0 Å². The number of fused-ring (bicyclic) bond motifs is 8. The Balaban J connectivity index is 0.869. The smallest absolute Gasteiger partial charge is 0.145 e. The van der Waals surface area contributed by atoms with Gasteiger partial charge in [-0.25, -0.2) is 4.98 Å². The van der Waals surface area contributed by atoms with Crippen LogP contribution in [0.5, 0.6) is 11.5 Å². The molecule has 76 heavy (non-hydrogen) atoms. The van der Waals surface area contributed by atoms with Crippen LogP contribution in [-0.2, 0) is 5.41 Å². The molecule has 0 unspecified atom stereocenters. The van der Waals surface area contributed by atoms with Gasteiger partial charge in [-0.2, -0.15) is 0 Å². The predicted octanol–water partition coefficient (Wildman–Crippen LogP) is 19.1. The number of anilines is 4. The Kier molecular flexibility index (Phi) is 10.7. The molecule has 0 amide bonds. The van der Waals surface area contributed by atoms with E-state index in [0.29, 0.717) is 6.67 Å². The number of benzene rings is 10. The van der Waals surface area contributed by atoms with E-state index in [1.807, 2.05) is 24.4 Å². The fourth-order valence-electron chi connectivity index (χ4n) is 11.4. The van der Waals surface area contributed by atoms with Crippen molar-refractivity contribution in [2.24, 2.45) is 0 Å². The van der Waals surface area contributed by atoms with Crippen LogP contribution in [0.4, 0.5) is 22.7 Å². The maximum Gasteiger partial charge on any atom is 0.145 e. The molecule has 0 spiro atoms. The van der Waals surface area contributed by atoms with Gasteiger partial charge in [-0.05, 0) is 123 Å². The molecule has 10 aromatic carbocycles. The normalized spacial score (nSPS) is 12.6.